The minimum Gasteiger partial charge on any atom is -0.494 e. The van der Waals surface area contributed by atoms with E-state index in [4.69, 9.17) is 9.47 Å². The Morgan fingerprint density at radius 1 is 1.16 bits per heavy atom. The highest BCUT2D eigenvalue weighted by atomic mass is 32.2. The van der Waals surface area contributed by atoms with Crippen molar-refractivity contribution < 1.29 is 22.7 Å². The molecule has 0 spiro atoms. The first-order valence-corrected chi connectivity index (χ1v) is 13.0. The van der Waals surface area contributed by atoms with Gasteiger partial charge in [0, 0.05) is 18.8 Å². The lowest BCUT2D eigenvalue weighted by Gasteiger charge is -2.18. The fourth-order valence-corrected chi connectivity index (χ4v) is 3.90. The molecule has 8 nitrogen and oxygen atoms in total. The molecule has 2 N–H and O–H groups in total. The minimum absolute atomic E-state index is 0.0767. The topological polar surface area (TPSA) is 107 Å². The van der Waals surface area contributed by atoms with Crippen molar-refractivity contribution in [2.75, 3.05) is 24.4 Å². The Bertz CT molecular complexity index is 936. The Morgan fingerprint density at radius 2 is 1.87 bits per heavy atom. The number of nitrogens with one attached hydrogen (secondary N) is 2. The standard InChI is InChI=1S/C21H29N3O5S2/c1-4-28-17-6-8-18(9-7-17)29-20-14-16(10-12-22-20)15-23-21(25)19(11-13-30-3)24-31(26,27)5-2/h6-10,12,14,19,24H,4-5,11,13,15H2,1-3H3,(H,23,25). The number of carbonyl (C=O) groups is 1. The number of aromatic nitrogens is 1. The van der Waals surface area contributed by atoms with Crippen LogP contribution in [-0.4, -0.2) is 49.7 Å². The summed E-state index contributed by atoms with van der Waals surface area (Å²) in [5, 5.41) is 2.79. The molecule has 1 aromatic carbocycles. The SMILES string of the molecule is CCOc1ccc(Oc2cc(CNC(=O)C(CCSC)NS(=O)(=O)CC)ccn2)cc1. The van der Waals surface area contributed by atoms with Crippen LogP contribution in [0.2, 0.25) is 0 Å². The fraction of sp³-hybridized carbons (Fsp3) is 0.429. The second-order valence-corrected chi connectivity index (χ2v) is 9.61. The molecule has 0 saturated heterocycles. The van der Waals surface area contributed by atoms with Crippen LogP contribution < -0.4 is 19.5 Å². The molecule has 2 aromatic rings. The summed E-state index contributed by atoms with van der Waals surface area (Å²) >= 11 is 1.55. The van der Waals surface area contributed by atoms with Crippen molar-refractivity contribution in [3.8, 4) is 17.4 Å². The molecule has 1 heterocycles. The van der Waals surface area contributed by atoms with Crippen LogP contribution >= 0.6 is 11.8 Å². The molecule has 1 amide bonds. The third-order valence-corrected chi connectivity index (χ3v) is 6.30. The number of pyridine rings is 1. The zero-order valence-electron chi connectivity index (χ0n) is 18.0. The first-order valence-electron chi connectivity index (χ1n) is 9.99. The van der Waals surface area contributed by atoms with Crippen LogP contribution in [0.25, 0.3) is 0 Å². The maximum absolute atomic E-state index is 12.6. The molecule has 1 unspecified atom stereocenters. The zero-order valence-corrected chi connectivity index (χ0v) is 19.6. The number of benzene rings is 1. The molecule has 0 aliphatic rings. The van der Waals surface area contributed by atoms with Crippen molar-refractivity contribution in [3.05, 3.63) is 48.2 Å². The van der Waals surface area contributed by atoms with E-state index in [0.29, 0.717) is 30.4 Å². The van der Waals surface area contributed by atoms with E-state index in [1.54, 1.807) is 42.2 Å². The highest BCUT2D eigenvalue weighted by molar-refractivity contribution is 7.98. The van der Waals surface area contributed by atoms with Crippen molar-refractivity contribution in [2.45, 2.75) is 32.9 Å². The highest BCUT2D eigenvalue weighted by Crippen LogP contribution is 2.23. The van der Waals surface area contributed by atoms with Crippen LogP contribution in [0.1, 0.15) is 25.8 Å². The molecule has 170 valence electrons. The van der Waals surface area contributed by atoms with Gasteiger partial charge in [0.1, 0.15) is 17.5 Å². The van der Waals surface area contributed by atoms with Crippen molar-refractivity contribution in [1.29, 1.82) is 0 Å². The predicted molar refractivity (Wildman–Crippen MR) is 123 cm³/mol. The second kappa shape index (κ2) is 12.5. The number of amides is 1. The van der Waals surface area contributed by atoms with Crippen LogP contribution in [0.5, 0.6) is 17.4 Å². The van der Waals surface area contributed by atoms with Gasteiger partial charge in [-0.05, 0) is 68.2 Å². The molecule has 1 atom stereocenters. The van der Waals surface area contributed by atoms with Gasteiger partial charge in [0.2, 0.25) is 21.8 Å². The first-order chi connectivity index (χ1) is 14.9. The second-order valence-electron chi connectivity index (χ2n) is 6.58. The van der Waals surface area contributed by atoms with Gasteiger partial charge in [0.05, 0.1) is 12.4 Å². The van der Waals surface area contributed by atoms with Crippen molar-refractivity contribution in [2.24, 2.45) is 0 Å². The monoisotopic (exact) mass is 467 g/mol. The van der Waals surface area contributed by atoms with Gasteiger partial charge in [0.25, 0.3) is 0 Å². The summed E-state index contributed by atoms with van der Waals surface area (Å²) in [6.07, 6.45) is 3.91. The number of nitrogens with zero attached hydrogens (tertiary/aromatic N) is 1. The Kier molecular flexibility index (Phi) is 10.1. The smallest absolute Gasteiger partial charge is 0.238 e. The molecule has 0 aliphatic carbocycles. The van der Waals surface area contributed by atoms with Gasteiger partial charge in [-0.15, -0.1) is 0 Å². The molecule has 10 heteroatoms. The van der Waals surface area contributed by atoms with Gasteiger partial charge in [-0.3, -0.25) is 4.79 Å². The quantitative estimate of drug-likeness (QED) is 0.466. The summed E-state index contributed by atoms with van der Waals surface area (Å²) in [6.45, 7) is 4.27. The summed E-state index contributed by atoms with van der Waals surface area (Å²) in [7, 11) is -3.48. The van der Waals surface area contributed by atoms with Crippen molar-refractivity contribution in [3.63, 3.8) is 0 Å². The van der Waals surface area contributed by atoms with E-state index >= 15 is 0 Å². The molecule has 0 aliphatic heterocycles. The molecule has 0 radical (unpaired) electrons. The van der Waals surface area contributed by atoms with Crippen molar-refractivity contribution >= 4 is 27.7 Å². The molecule has 0 fully saturated rings. The molecule has 1 aromatic heterocycles. The van der Waals surface area contributed by atoms with Crippen LogP contribution in [0, 0.1) is 0 Å². The van der Waals surface area contributed by atoms with Gasteiger partial charge in [-0.2, -0.15) is 11.8 Å². The molecule has 0 saturated carbocycles. The van der Waals surface area contributed by atoms with Crippen molar-refractivity contribution in [1.82, 2.24) is 15.0 Å². The van der Waals surface area contributed by atoms with E-state index in [1.165, 1.54) is 6.92 Å². The van der Waals surface area contributed by atoms with Crippen LogP contribution in [0.4, 0.5) is 0 Å². The number of rotatable bonds is 13. The highest BCUT2D eigenvalue weighted by Gasteiger charge is 2.22. The first kappa shape index (κ1) is 25.0. The van der Waals surface area contributed by atoms with E-state index in [9.17, 15) is 13.2 Å². The summed E-state index contributed by atoms with van der Waals surface area (Å²) in [5.74, 6) is 1.99. The van der Waals surface area contributed by atoms with Crippen LogP contribution in [0.15, 0.2) is 42.6 Å². The lowest BCUT2D eigenvalue weighted by atomic mass is 10.2. The third-order valence-electron chi connectivity index (χ3n) is 4.25. The predicted octanol–water partition coefficient (Wildman–Crippen LogP) is 2.95. The Labute approximate surface area is 188 Å². The Hall–Kier alpha value is -2.30. The number of sulfonamides is 1. The molecular weight excluding hydrogens is 438 g/mol. The van der Waals surface area contributed by atoms with E-state index in [1.807, 2.05) is 25.3 Å². The number of ether oxygens (including phenoxy) is 2. The molecule has 31 heavy (non-hydrogen) atoms. The van der Waals surface area contributed by atoms with E-state index in [-0.39, 0.29) is 18.2 Å². The number of hydrogen-bond donors (Lipinski definition) is 2. The summed E-state index contributed by atoms with van der Waals surface area (Å²) < 4.78 is 37.4. The fourth-order valence-electron chi connectivity index (χ4n) is 2.60. The Balaban J connectivity index is 1.98. The van der Waals surface area contributed by atoms with E-state index < -0.39 is 16.1 Å². The number of thioether (sulfide) groups is 1. The van der Waals surface area contributed by atoms with E-state index in [2.05, 4.69) is 15.0 Å². The van der Waals surface area contributed by atoms with Gasteiger partial charge in [0.15, 0.2) is 0 Å². The molecule has 2 rings (SSSR count). The molecule has 0 bridgehead atoms. The van der Waals surface area contributed by atoms with Gasteiger partial charge in [-0.25, -0.2) is 18.1 Å². The maximum Gasteiger partial charge on any atom is 0.238 e. The minimum atomic E-state index is -3.48. The summed E-state index contributed by atoms with van der Waals surface area (Å²) in [5.41, 5.74) is 0.784. The normalized spacial score (nSPS) is 12.2. The lowest BCUT2D eigenvalue weighted by Crippen LogP contribution is -2.47. The van der Waals surface area contributed by atoms with Gasteiger partial charge >= 0.3 is 0 Å². The number of carbonyl (C=O) groups excluding carboxylic acids is 1. The molecular formula is C21H29N3O5S2. The largest absolute Gasteiger partial charge is 0.494 e. The average Bonchev–Trinajstić information content (AvgIpc) is 2.77. The van der Waals surface area contributed by atoms with E-state index in [0.717, 1.165) is 11.3 Å². The Morgan fingerprint density at radius 3 is 2.52 bits per heavy atom. The number of hydrogen-bond acceptors (Lipinski definition) is 7. The maximum atomic E-state index is 12.6. The average molecular weight is 468 g/mol. The third kappa shape index (κ3) is 8.76. The lowest BCUT2D eigenvalue weighted by molar-refractivity contribution is -0.122. The van der Waals surface area contributed by atoms with Gasteiger partial charge < -0.3 is 14.8 Å². The van der Waals surface area contributed by atoms with Crippen LogP contribution in [0.3, 0.4) is 0 Å². The summed E-state index contributed by atoms with van der Waals surface area (Å²) in [4.78, 5) is 16.8. The summed E-state index contributed by atoms with van der Waals surface area (Å²) in [6, 6.07) is 9.89. The van der Waals surface area contributed by atoms with Gasteiger partial charge in [-0.1, -0.05) is 0 Å². The van der Waals surface area contributed by atoms with Crippen LogP contribution in [-0.2, 0) is 21.4 Å². The zero-order chi connectivity index (χ0) is 22.7.